The summed E-state index contributed by atoms with van der Waals surface area (Å²) in [7, 11) is 0. The number of thioether (sulfide) groups is 1. The molecule has 3 heterocycles. The molecule has 2 aromatic heterocycles. The van der Waals surface area contributed by atoms with E-state index in [0.29, 0.717) is 6.54 Å². The predicted molar refractivity (Wildman–Crippen MR) is 104 cm³/mol. The molecule has 0 bridgehead atoms. The van der Waals surface area contributed by atoms with E-state index in [1.165, 1.54) is 18.1 Å². The molecule has 2 amide bonds. The second-order valence-electron chi connectivity index (χ2n) is 5.46. The van der Waals surface area contributed by atoms with E-state index in [1.807, 2.05) is 30.3 Å². The maximum Gasteiger partial charge on any atom is 0.416 e. The van der Waals surface area contributed by atoms with Gasteiger partial charge >= 0.3 is 6.09 Å². The van der Waals surface area contributed by atoms with Crippen LogP contribution in [0.3, 0.4) is 0 Å². The Balaban J connectivity index is 1.56. The van der Waals surface area contributed by atoms with Crippen molar-refractivity contribution in [3.63, 3.8) is 0 Å². The van der Waals surface area contributed by atoms with Crippen molar-refractivity contribution in [3.05, 3.63) is 41.1 Å². The number of carbonyl (C=O) groups is 2. The molecule has 1 aliphatic rings. The highest BCUT2D eigenvalue weighted by atomic mass is 79.9. The van der Waals surface area contributed by atoms with Crippen LogP contribution < -0.4 is 0 Å². The van der Waals surface area contributed by atoms with Gasteiger partial charge in [0.25, 0.3) is 0 Å². The zero-order valence-electron chi connectivity index (χ0n) is 13.3. The molecule has 0 saturated carbocycles. The van der Waals surface area contributed by atoms with E-state index in [0.717, 1.165) is 35.1 Å². The number of nitrogens with zero attached hydrogens (tertiary/aromatic N) is 3. The number of amides is 2. The van der Waals surface area contributed by atoms with Gasteiger partial charge in [-0.3, -0.25) is 4.79 Å². The van der Waals surface area contributed by atoms with E-state index < -0.39 is 6.09 Å². The van der Waals surface area contributed by atoms with Crippen molar-refractivity contribution < 1.29 is 14.3 Å². The van der Waals surface area contributed by atoms with Gasteiger partial charge in [-0.05, 0) is 23.8 Å². The highest BCUT2D eigenvalue weighted by Gasteiger charge is 2.28. The average molecular weight is 450 g/mol. The summed E-state index contributed by atoms with van der Waals surface area (Å²) in [6, 6.07) is 10.1. The number of thiophene rings is 1. The maximum atomic E-state index is 12.2. The van der Waals surface area contributed by atoms with Crippen LogP contribution in [0.1, 0.15) is 0 Å². The first kappa shape index (κ1) is 17.4. The minimum Gasteiger partial charge on any atom is -0.447 e. The molecule has 0 aliphatic carbocycles. The smallest absolute Gasteiger partial charge is 0.416 e. The number of hydrogen-bond acceptors (Lipinski definition) is 7. The summed E-state index contributed by atoms with van der Waals surface area (Å²) in [5.74, 6) is -0.138. The fourth-order valence-electron chi connectivity index (χ4n) is 2.52. The topological polar surface area (TPSA) is 72.4 Å². The Kier molecular flexibility index (Phi) is 4.92. The van der Waals surface area contributed by atoms with Gasteiger partial charge in [0.1, 0.15) is 18.0 Å². The Morgan fingerprint density at radius 3 is 2.85 bits per heavy atom. The lowest BCUT2D eigenvalue weighted by molar-refractivity contribution is -0.125. The highest BCUT2D eigenvalue weighted by molar-refractivity contribution is 9.10. The molecule has 1 fully saturated rings. The lowest BCUT2D eigenvalue weighted by atomic mass is 10.2. The number of fused-ring (bicyclic) bond motifs is 1. The second kappa shape index (κ2) is 7.34. The fourth-order valence-corrected chi connectivity index (χ4v) is 4.86. The summed E-state index contributed by atoms with van der Waals surface area (Å²) in [4.78, 5) is 34.5. The summed E-state index contributed by atoms with van der Waals surface area (Å²) in [6.45, 7) is 0.568. The molecule has 4 rings (SSSR count). The third-order valence-electron chi connectivity index (χ3n) is 3.80. The molecule has 0 N–H and O–H groups in total. The van der Waals surface area contributed by atoms with Crippen LogP contribution in [0.4, 0.5) is 4.79 Å². The number of cyclic esters (lactones) is 1. The fraction of sp³-hybridized carbons (Fsp3) is 0.176. The molecule has 3 aromatic rings. The van der Waals surface area contributed by atoms with Crippen LogP contribution in [-0.4, -0.2) is 45.8 Å². The third kappa shape index (κ3) is 3.46. The van der Waals surface area contributed by atoms with Gasteiger partial charge in [0.2, 0.25) is 5.91 Å². The quantitative estimate of drug-likeness (QED) is 0.439. The number of benzene rings is 1. The zero-order valence-corrected chi connectivity index (χ0v) is 16.6. The standard InChI is InChI=1S/C17H12BrN3O3S2/c18-11-3-1-10(2-4-11)13-7-12-15(26-13)16(20-9-19-12)25-8-14(22)21-5-6-24-17(21)23/h1-4,7,9H,5-6,8H2. The van der Waals surface area contributed by atoms with Crippen LogP contribution in [0.25, 0.3) is 20.7 Å². The van der Waals surface area contributed by atoms with E-state index in [4.69, 9.17) is 4.74 Å². The van der Waals surface area contributed by atoms with Crippen molar-refractivity contribution in [1.29, 1.82) is 0 Å². The van der Waals surface area contributed by atoms with Crippen molar-refractivity contribution >= 4 is 61.2 Å². The SMILES string of the molecule is O=C(CSc1ncnc2cc(-c3ccc(Br)cc3)sc12)N1CCOC1=O. The molecular weight excluding hydrogens is 438 g/mol. The molecule has 0 radical (unpaired) electrons. The van der Waals surface area contributed by atoms with Crippen molar-refractivity contribution in [2.75, 3.05) is 18.9 Å². The zero-order chi connectivity index (χ0) is 18.1. The lowest BCUT2D eigenvalue weighted by Crippen LogP contribution is -2.33. The molecule has 9 heteroatoms. The first-order chi connectivity index (χ1) is 12.6. The van der Waals surface area contributed by atoms with Crippen molar-refractivity contribution in [2.45, 2.75) is 5.03 Å². The Morgan fingerprint density at radius 2 is 2.12 bits per heavy atom. The van der Waals surface area contributed by atoms with E-state index in [1.54, 1.807) is 11.3 Å². The molecule has 132 valence electrons. The summed E-state index contributed by atoms with van der Waals surface area (Å²) in [6.07, 6.45) is 0.925. The highest BCUT2D eigenvalue weighted by Crippen LogP contribution is 2.37. The second-order valence-corrected chi connectivity index (χ2v) is 8.39. The minimum absolute atomic E-state index is 0.132. The number of carbonyl (C=O) groups excluding carboxylic acids is 2. The van der Waals surface area contributed by atoms with E-state index in [2.05, 4.69) is 25.9 Å². The molecular formula is C17H12BrN3O3S2. The number of imide groups is 1. The first-order valence-electron chi connectivity index (χ1n) is 7.72. The number of rotatable bonds is 4. The Morgan fingerprint density at radius 1 is 1.31 bits per heavy atom. The van der Waals surface area contributed by atoms with Gasteiger partial charge in [0.05, 0.1) is 22.5 Å². The van der Waals surface area contributed by atoms with Crippen molar-refractivity contribution in [2.24, 2.45) is 0 Å². The molecule has 1 saturated heterocycles. The summed E-state index contributed by atoms with van der Waals surface area (Å²) < 4.78 is 6.76. The minimum atomic E-state index is -0.572. The number of halogens is 1. The summed E-state index contributed by atoms with van der Waals surface area (Å²) >= 11 is 6.34. The van der Waals surface area contributed by atoms with Gasteiger partial charge in [0, 0.05) is 9.35 Å². The van der Waals surface area contributed by atoms with Crippen LogP contribution >= 0.6 is 39.0 Å². The largest absolute Gasteiger partial charge is 0.447 e. The van der Waals surface area contributed by atoms with Crippen LogP contribution in [0.5, 0.6) is 0 Å². The normalized spacial score (nSPS) is 14.0. The van der Waals surface area contributed by atoms with E-state index in [9.17, 15) is 9.59 Å². The average Bonchev–Trinajstić information content (AvgIpc) is 3.26. The third-order valence-corrected chi connectivity index (χ3v) is 6.61. The van der Waals surface area contributed by atoms with Gasteiger partial charge in [-0.2, -0.15) is 0 Å². The Hall–Kier alpha value is -1.97. The maximum absolute atomic E-state index is 12.2. The van der Waals surface area contributed by atoms with E-state index >= 15 is 0 Å². The van der Waals surface area contributed by atoms with Gasteiger partial charge in [-0.1, -0.05) is 39.8 Å². The Labute approximate surface area is 165 Å². The summed E-state index contributed by atoms with van der Waals surface area (Å²) in [5, 5.41) is 0.740. The van der Waals surface area contributed by atoms with Crippen LogP contribution in [0.2, 0.25) is 0 Å². The first-order valence-corrected chi connectivity index (χ1v) is 10.3. The molecule has 0 atom stereocenters. The van der Waals surface area contributed by atoms with Crippen LogP contribution in [0, 0.1) is 0 Å². The van der Waals surface area contributed by atoms with Crippen molar-refractivity contribution in [1.82, 2.24) is 14.9 Å². The van der Waals surface area contributed by atoms with Crippen molar-refractivity contribution in [3.8, 4) is 10.4 Å². The molecule has 6 nitrogen and oxygen atoms in total. The van der Waals surface area contributed by atoms with Crippen LogP contribution in [-0.2, 0) is 9.53 Å². The molecule has 26 heavy (non-hydrogen) atoms. The number of aromatic nitrogens is 2. The van der Waals surface area contributed by atoms with Gasteiger partial charge in [-0.25, -0.2) is 19.7 Å². The monoisotopic (exact) mass is 449 g/mol. The van der Waals surface area contributed by atoms with E-state index in [-0.39, 0.29) is 18.3 Å². The van der Waals surface area contributed by atoms with Gasteiger partial charge in [0.15, 0.2) is 0 Å². The molecule has 1 aromatic carbocycles. The molecule has 1 aliphatic heterocycles. The van der Waals surface area contributed by atoms with Crippen LogP contribution in [0.15, 0.2) is 46.2 Å². The predicted octanol–water partition coefficient (Wildman–Crippen LogP) is 4.19. The number of hydrogen-bond donors (Lipinski definition) is 0. The molecule has 0 spiro atoms. The number of ether oxygens (including phenoxy) is 1. The van der Waals surface area contributed by atoms with Gasteiger partial charge < -0.3 is 4.74 Å². The molecule has 0 unspecified atom stereocenters. The lowest BCUT2D eigenvalue weighted by Gasteiger charge is -2.09. The van der Waals surface area contributed by atoms with Gasteiger partial charge in [-0.15, -0.1) is 11.3 Å². The Bertz CT molecular complexity index is 991. The summed E-state index contributed by atoms with van der Waals surface area (Å²) in [5.41, 5.74) is 1.95.